The zero-order valence-electron chi connectivity index (χ0n) is 16.5. The molecule has 4 rings (SSSR count). The van der Waals surface area contributed by atoms with Crippen LogP contribution in [-0.4, -0.2) is 24.6 Å². The number of ketones is 2. The van der Waals surface area contributed by atoms with Crippen molar-refractivity contribution in [1.29, 1.82) is 0 Å². The van der Waals surface area contributed by atoms with Crippen molar-refractivity contribution in [3.63, 3.8) is 0 Å². The van der Waals surface area contributed by atoms with Gasteiger partial charge < -0.3 is 9.47 Å². The van der Waals surface area contributed by atoms with E-state index in [9.17, 15) is 14.4 Å². The molecule has 0 N–H and O–H groups in total. The zero-order chi connectivity index (χ0) is 21.3. The number of rotatable bonds is 4. The van der Waals surface area contributed by atoms with Gasteiger partial charge in [-0.1, -0.05) is 48.0 Å². The summed E-state index contributed by atoms with van der Waals surface area (Å²) in [5.41, 5.74) is 2.97. The predicted octanol–water partition coefficient (Wildman–Crippen LogP) is 4.69. The van der Waals surface area contributed by atoms with Gasteiger partial charge in [0.2, 0.25) is 0 Å². The first kappa shape index (κ1) is 19.3. The number of aryl methyl sites for hydroxylation is 1. The van der Waals surface area contributed by atoms with Gasteiger partial charge >= 0.3 is 5.97 Å². The highest BCUT2D eigenvalue weighted by atomic mass is 16.6. The first-order valence-electron chi connectivity index (χ1n) is 9.35. The Hall–Kier alpha value is -3.99. The number of hydrogen-bond donors (Lipinski definition) is 0. The molecule has 0 aliphatic heterocycles. The molecule has 5 heteroatoms. The predicted molar refractivity (Wildman–Crippen MR) is 112 cm³/mol. The van der Waals surface area contributed by atoms with E-state index < -0.39 is 5.97 Å². The van der Waals surface area contributed by atoms with Crippen molar-refractivity contribution in [2.24, 2.45) is 0 Å². The number of fused-ring (bicyclic) bond motifs is 1. The van der Waals surface area contributed by atoms with Gasteiger partial charge in [0, 0.05) is 11.1 Å². The van der Waals surface area contributed by atoms with Crippen LogP contribution in [0.1, 0.15) is 42.2 Å². The summed E-state index contributed by atoms with van der Waals surface area (Å²) in [4.78, 5) is 37.5. The maximum absolute atomic E-state index is 12.6. The average molecular weight is 398 g/mol. The standard InChI is InChI=1S/C25H18O5/c1-15-7-10-17(11-8-15)25(28)30-21-12-9-16(14-22(21)29-2)13-20-23(26)18-5-3-4-6-19(18)24(20)27/h3-14H,1-2H3. The van der Waals surface area contributed by atoms with Crippen LogP contribution in [0.5, 0.6) is 11.5 Å². The second-order valence-corrected chi connectivity index (χ2v) is 6.93. The molecule has 30 heavy (non-hydrogen) atoms. The van der Waals surface area contributed by atoms with Crippen molar-refractivity contribution in [3.05, 3.63) is 100 Å². The van der Waals surface area contributed by atoms with E-state index in [0.717, 1.165) is 5.56 Å². The molecule has 0 heterocycles. The molecule has 3 aromatic rings. The topological polar surface area (TPSA) is 69.7 Å². The lowest BCUT2D eigenvalue weighted by atomic mass is 10.1. The molecule has 0 atom stereocenters. The Morgan fingerprint density at radius 2 is 1.47 bits per heavy atom. The van der Waals surface area contributed by atoms with E-state index in [4.69, 9.17) is 9.47 Å². The minimum Gasteiger partial charge on any atom is -0.493 e. The van der Waals surface area contributed by atoms with Crippen LogP contribution < -0.4 is 9.47 Å². The molecule has 1 aliphatic rings. The van der Waals surface area contributed by atoms with E-state index in [0.29, 0.717) is 28.0 Å². The fourth-order valence-electron chi connectivity index (χ4n) is 3.28. The molecule has 0 saturated carbocycles. The lowest BCUT2D eigenvalue weighted by Crippen LogP contribution is -2.09. The van der Waals surface area contributed by atoms with Gasteiger partial charge in [0.15, 0.2) is 23.1 Å². The summed E-state index contributed by atoms with van der Waals surface area (Å²) in [5.74, 6) is -0.539. The highest BCUT2D eigenvalue weighted by Crippen LogP contribution is 2.32. The third-order valence-electron chi connectivity index (χ3n) is 4.89. The summed E-state index contributed by atoms with van der Waals surface area (Å²) in [6.07, 6.45) is 1.53. The van der Waals surface area contributed by atoms with Gasteiger partial charge in [-0.05, 0) is 42.8 Å². The molecule has 0 saturated heterocycles. The molecule has 1 aliphatic carbocycles. The first-order chi connectivity index (χ1) is 14.5. The summed E-state index contributed by atoms with van der Waals surface area (Å²) in [7, 11) is 1.46. The second kappa shape index (κ2) is 7.79. The molecule has 0 aromatic heterocycles. The molecule has 0 radical (unpaired) electrons. The van der Waals surface area contributed by atoms with Crippen LogP contribution in [0, 0.1) is 6.92 Å². The van der Waals surface area contributed by atoms with Crippen LogP contribution in [0.25, 0.3) is 6.08 Å². The number of allylic oxidation sites excluding steroid dienone is 1. The van der Waals surface area contributed by atoms with Crippen molar-refractivity contribution in [2.75, 3.05) is 7.11 Å². The smallest absolute Gasteiger partial charge is 0.343 e. The van der Waals surface area contributed by atoms with Crippen molar-refractivity contribution < 1.29 is 23.9 Å². The van der Waals surface area contributed by atoms with E-state index >= 15 is 0 Å². The molecular weight excluding hydrogens is 380 g/mol. The number of Topliss-reactive ketones (excluding diaryl/α,β-unsaturated/α-hetero) is 2. The van der Waals surface area contributed by atoms with Crippen molar-refractivity contribution in [3.8, 4) is 11.5 Å². The van der Waals surface area contributed by atoms with Gasteiger partial charge in [0.1, 0.15) is 0 Å². The minimum absolute atomic E-state index is 0.0997. The Morgan fingerprint density at radius 3 is 2.07 bits per heavy atom. The van der Waals surface area contributed by atoms with E-state index in [2.05, 4.69) is 0 Å². The average Bonchev–Trinajstić information content (AvgIpc) is 3.00. The molecule has 0 fully saturated rings. The quantitative estimate of drug-likeness (QED) is 0.276. The second-order valence-electron chi connectivity index (χ2n) is 6.93. The number of benzene rings is 3. The third-order valence-corrected chi connectivity index (χ3v) is 4.89. The van der Waals surface area contributed by atoms with Crippen LogP contribution >= 0.6 is 0 Å². The fourth-order valence-corrected chi connectivity index (χ4v) is 3.28. The van der Waals surface area contributed by atoms with E-state index in [-0.39, 0.29) is 22.9 Å². The number of hydrogen-bond acceptors (Lipinski definition) is 5. The molecule has 148 valence electrons. The fraction of sp³-hybridized carbons (Fsp3) is 0.0800. The third kappa shape index (κ3) is 3.53. The van der Waals surface area contributed by atoms with Gasteiger partial charge in [-0.15, -0.1) is 0 Å². The van der Waals surface area contributed by atoms with Crippen molar-refractivity contribution >= 4 is 23.6 Å². The van der Waals surface area contributed by atoms with Crippen LogP contribution in [-0.2, 0) is 0 Å². The van der Waals surface area contributed by atoms with Gasteiger partial charge in [-0.25, -0.2) is 4.79 Å². The Labute approximate surface area is 173 Å². The number of esters is 1. The largest absolute Gasteiger partial charge is 0.493 e. The van der Waals surface area contributed by atoms with E-state index in [1.165, 1.54) is 13.2 Å². The summed E-state index contributed by atoms with van der Waals surface area (Å²) in [6, 6.07) is 18.7. The van der Waals surface area contributed by atoms with Gasteiger partial charge in [-0.2, -0.15) is 0 Å². The zero-order valence-corrected chi connectivity index (χ0v) is 16.5. The molecule has 3 aromatic carbocycles. The monoisotopic (exact) mass is 398 g/mol. The lowest BCUT2D eigenvalue weighted by molar-refractivity contribution is 0.0729. The highest BCUT2D eigenvalue weighted by Gasteiger charge is 2.32. The van der Waals surface area contributed by atoms with Crippen LogP contribution in [0.3, 0.4) is 0 Å². The molecular formula is C25H18O5. The minimum atomic E-state index is -0.504. The maximum Gasteiger partial charge on any atom is 0.343 e. The number of methoxy groups -OCH3 is 1. The maximum atomic E-state index is 12.6. The highest BCUT2D eigenvalue weighted by molar-refractivity contribution is 6.41. The Morgan fingerprint density at radius 1 is 0.833 bits per heavy atom. The summed E-state index contributed by atoms with van der Waals surface area (Å²) >= 11 is 0. The summed E-state index contributed by atoms with van der Waals surface area (Å²) in [6.45, 7) is 1.93. The molecule has 5 nitrogen and oxygen atoms in total. The Bertz CT molecular complexity index is 1170. The van der Waals surface area contributed by atoms with Crippen LogP contribution in [0.15, 0.2) is 72.3 Å². The normalized spacial score (nSPS) is 12.5. The molecule has 0 bridgehead atoms. The van der Waals surface area contributed by atoms with Gasteiger partial charge in [-0.3, -0.25) is 9.59 Å². The van der Waals surface area contributed by atoms with Crippen LogP contribution in [0.2, 0.25) is 0 Å². The summed E-state index contributed by atoms with van der Waals surface area (Å²) < 4.78 is 10.8. The SMILES string of the molecule is COc1cc(C=C2C(=O)c3ccccc3C2=O)ccc1OC(=O)c1ccc(C)cc1. The Balaban J connectivity index is 1.61. The van der Waals surface area contributed by atoms with E-state index in [1.807, 2.05) is 19.1 Å². The van der Waals surface area contributed by atoms with Crippen molar-refractivity contribution in [2.45, 2.75) is 6.92 Å². The lowest BCUT2D eigenvalue weighted by Gasteiger charge is -2.10. The first-order valence-corrected chi connectivity index (χ1v) is 9.35. The molecule has 0 amide bonds. The number of carbonyl (C=O) groups is 3. The van der Waals surface area contributed by atoms with E-state index in [1.54, 1.807) is 54.6 Å². The number of carbonyl (C=O) groups excluding carboxylic acids is 3. The molecule has 0 unspecified atom stereocenters. The van der Waals surface area contributed by atoms with Crippen LogP contribution in [0.4, 0.5) is 0 Å². The number of ether oxygens (including phenoxy) is 2. The molecule has 0 spiro atoms. The van der Waals surface area contributed by atoms with Gasteiger partial charge in [0.25, 0.3) is 0 Å². The van der Waals surface area contributed by atoms with Gasteiger partial charge in [0.05, 0.1) is 18.2 Å². The van der Waals surface area contributed by atoms with Crippen molar-refractivity contribution in [1.82, 2.24) is 0 Å². The summed E-state index contributed by atoms with van der Waals surface area (Å²) in [5, 5.41) is 0. The Kier molecular flexibility index (Phi) is 5.02.